The zero-order valence-corrected chi connectivity index (χ0v) is 25.2. The second kappa shape index (κ2) is 20.5. The monoisotopic (exact) mass is 543 g/mol. The van der Waals surface area contributed by atoms with Crippen LogP contribution in [0.25, 0.3) is 11.0 Å². The second-order valence-electron chi connectivity index (χ2n) is 10.8. The number of imidazole rings is 1. The number of ether oxygens (including phenoxy) is 2. The van der Waals surface area contributed by atoms with E-state index in [1.54, 1.807) is 0 Å². The predicted octanol–water partition coefficient (Wildman–Crippen LogP) is 7.86. The quantitative estimate of drug-likeness (QED) is 0.0813. The Bertz CT molecular complexity index is 880. The molecule has 0 unspecified atom stereocenters. The number of hydrogen-bond acceptors (Lipinski definition) is 4. The van der Waals surface area contributed by atoms with Gasteiger partial charge in [-0.15, -0.1) is 0 Å². The van der Waals surface area contributed by atoms with Crippen molar-refractivity contribution < 1.29 is 23.6 Å². The van der Waals surface area contributed by atoms with Gasteiger partial charge in [0.05, 0.1) is 13.2 Å². The van der Waals surface area contributed by atoms with Gasteiger partial charge in [0, 0.05) is 6.42 Å². The van der Waals surface area contributed by atoms with Crippen molar-refractivity contribution in [1.82, 2.24) is 4.57 Å². The molecule has 0 atom stereocenters. The average Bonchev–Trinajstić information content (AvgIpc) is 3.23. The zero-order chi connectivity index (χ0) is 28.1. The number of carbonyl (C=O) groups is 2. The molecule has 2 rings (SSSR count). The molecule has 0 aliphatic heterocycles. The molecule has 0 saturated heterocycles. The molecule has 6 heteroatoms. The fourth-order valence-corrected chi connectivity index (χ4v) is 5.27. The summed E-state index contributed by atoms with van der Waals surface area (Å²) in [7, 11) is 0. The molecule has 0 amide bonds. The summed E-state index contributed by atoms with van der Waals surface area (Å²) in [5, 5.41) is 0. The van der Waals surface area contributed by atoms with Crippen molar-refractivity contribution >= 4 is 23.0 Å². The Labute approximate surface area is 237 Å². The largest absolute Gasteiger partial charge is 0.463 e. The summed E-state index contributed by atoms with van der Waals surface area (Å²) in [6.45, 7) is 7.78. The highest BCUT2D eigenvalue weighted by Crippen LogP contribution is 2.16. The zero-order valence-electron chi connectivity index (χ0n) is 25.2. The van der Waals surface area contributed by atoms with Gasteiger partial charge in [0.15, 0.2) is 24.1 Å². The van der Waals surface area contributed by atoms with Crippen LogP contribution in [0, 0.1) is 0 Å². The lowest BCUT2D eigenvalue weighted by molar-refractivity contribution is -0.668. The first kappa shape index (κ1) is 32.8. The van der Waals surface area contributed by atoms with E-state index in [9.17, 15) is 9.59 Å². The van der Waals surface area contributed by atoms with E-state index in [4.69, 9.17) is 9.47 Å². The van der Waals surface area contributed by atoms with Gasteiger partial charge in [-0.3, -0.25) is 0 Å². The number of esters is 2. The van der Waals surface area contributed by atoms with Crippen LogP contribution in [0.1, 0.15) is 129 Å². The first-order valence-corrected chi connectivity index (χ1v) is 15.9. The molecule has 1 heterocycles. The third-order valence-electron chi connectivity index (χ3n) is 7.50. The van der Waals surface area contributed by atoms with Gasteiger partial charge in [0.1, 0.15) is 0 Å². The van der Waals surface area contributed by atoms with Crippen molar-refractivity contribution in [3.63, 3.8) is 0 Å². The maximum atomic E-state index is 12.7. The molecule has 0 radical (unpaired) electrons. The van der Waals surface area contributed by atoms with Gasteiger partial charge in [-0.25, -0.2) is 18.7 Å². The van der Waals surface area contributed by atoms with Crippen LogP contribution < -0.4 is 4.57 Å². The normalized spacial score (nSPS) is 11.3. The molecule has 1 aromatic heterocycles. The number of carbonyl (C=O) groups excluding carboxylic acids is 2. The Kier molecular flexibility index (Phi) is 17.3. The van der Waals surface area contributed by atoms with Crippen LogP contribution in [0.3, 0.4) is 0 Å². The Morgan fingerprint density at radius 2 is 1.15 bits per heavy atom. The molecule has 0 saturated carbocycles. The smallest absolute Gasteiger partial charge is 0.348 e. The van der Waals surface area contributed by atoms with Crippen molar-refractivity contribution in [2.75, 3.05) is 13.2 Å². The molecule has 0 aliphatic rings. The Hall–Kier alpha value is -2.37. The van der Waals surface area contributed by atoms with Gasteiger partial charge in [0.2, 0.25) is 0 Å². The minimum absolute atomic E-state index is 0.154. The van der Waals surface area contributed by atoms with E-state index < -0.39 is 0 Å². The third-order valence-corrected chi connectivity index (χ3v) is 7.50. The maximum absolute atomic E-state index is 12.7. The highest BCUT2D eigenvalue weighted by molar-refractivity contribution is 5.77. The highest BCUT2D eigenvalue weighted by Gasteiger charge is 2.27. The number of unbranched alkanes of at least 4 members (excludes halogenated alkanes) is 14. The summed E-state index contributed by atoms with van der Waals surface area (Å²) in [5.74, 6) is 0.486. The van der Waals surface area contributed by atoms with E-state index in [2.05, 4.69) is 20.8 Å². The molecule has 39 heavy (non-hydrogen) atoms. The lowest BCUT2D eigenvalue weighted by Gasteiger charge is -2.07. The van der Waals surface area contributed by atoms with E-state index >= 15 is 0 Å². The van der Waals surface area contributed by atoms with Gasteiger partial charge >= 0.3 is 11.9 Å². The molecule has 2 aromatic rings. The Balaban J connectivity index is 1.82. The third kappa shape index (κ3) is 12.6. The van der Waals surface area contributed by atoms with Gasteiger partial charge in [-0.2, -0.15) is 0 Å². The van der Waals surface area contributed by atoms with E-state index in [0.29, 0.717) is 19.6 Å². The molecule has 0 bridgehead atoms. The maximum Gasteiger partial charge on any atom is 0.348 e. The van der Waals surface area contributed by atoms with Crippen LogP contribution in [0.4, 0.5) is 0 Å². The number of benzene rings is 1. The number of para-hydroxylation sites is 2. The number of aromatic nitrogens is 2. The summed E-state index contributed by atoms with van der Waals surface area (Å²) in [5.41, 5.74) is 1.88. The number of nitrogens with zero attached hydrogens (tertiary/aromatic N) is 2. The molecule has 1 aromatic carbocycles. The van der Waals surface area contributed by atoms with Crippen LogP contribution in [-0.4, -0.2) is 29.7 Å². The van der Waals surface area contributed by atoms with E-state index in [1.807, 2.05) is 33.4 Å². The van der Waals surface area contributed by atoms with E-state index in [0.717, 1.165) is 42.5 Å². The first-order valence-electron chi connectivity index (χ1n) is 15.9. The molecule has 0 fully saturated rings. The number of hydrogen-bond donors (Lipinski definition) is 0. The summed E-state index contributed by atoms with van der Waals surface area (Å²) in [6.07, 6.45) is 20.2. The minimum Gasteiger partial charge on any atom is -0.463 e. The van der Waals surface area contributed by atoms with Gasteiger partial charge in [0.25, 0.3) is 5.82 Å². The fraction of sp³-hybridized carbons (Fsp3) is 0.727. The van der Waals surface area contributed by atoms with Crippen molar-refractivity contribution in [3.8, 4) is 0 Å². The number of rotatable bonds is 23. The van der Waals surface area contributed by atoms with Crippen molar-refractivity contribution in [3.05, 3.63) is 30.1 Å². The topological polar surface area (TPSA) is 61.4 Å². The minimum atomic E-state index is -0.224. The van der Waals surface area contributed by atoms with Gasteiger partial charge < -0.3 is 9.47 Å². The molecule has 220 valence electrons. The SMILES string of the molecule is CCCCCCCCCCOC(=O)Cn1c(CC)[n+](CC(=O)OCCCCCCCCCC)c2ccccc21. The molecular weight excluding hydrogens is 488 g/mol. The van der Waals surface area contributed by atoms with Crippen LogP contribution in [0.15, 0.2) is 24.3 Å². The van der Waals surface area contributed by atoms with Crippen molar-refractivity contribution in [2.24, 2.45) is 0 Å². The van der Waals surface area contributed by atoms with Crippen LogP contribution in [0.5, 0.6) is 0 Å². The fourth-order valence-electron chi connectivity index (χ4n) is 5.27. The summed E-state index contributed by atoms with van der Waals surface area (Å²) in [6, 6.07) is 7.94. The highest BCUT2D eigenvalue weighted by atomic mass is 16.5. The van der Waals surface area contributed by atoms with Crippen LogP contribution in [-0.2, 0) is 38.6 Å². The summed E-state index contributed by atoms with van der Waals surface area (Å²) in [4.78, 5) is 25.4. The molecular formula is C33H55N2O4+. The summed E-state index contributed by atoms with van der Waals surface area (Å²) >= 11 is 0. The van der Waals surface area contributed by atoms with Gasteiger partial charge in [-0.05, 0) is 25.0 Å². The van der Waals surface area contributed by atoms with E-state index in [1.165, 1.54) is 77.0 Å². The Morgan fingerprint density at radius 1 is 0.667 bits per heavy atom. The average molecular weight is 544 g/mol. The molecule has 0 N–H and O–H groups in total. The van der Waals surface area contributed by atoms with Crippen molar-refractivity contribution in [2.45, 2.75) is 143 Å². The Morgan fingerprint density at radius 3 is 1.69 bits per heavy atom. The lowest BCUT2D eigenvalue weighted by atomic mass is 10.1. The van der Waals surface area contributed by atoms with E-state index in [-0.39, 0.29) is 25.0 Å². The molecule has 0 aliphatic carbocycles. The van der Waals surface area contributed by atoms with Crippen molar-refractivity contribution in [1.29, 1.82) is 0 Å². The first-order chi connectivity index (χ1) is 19.1. The van der Waals surface area contributed by atoms with Gasteiger partial charge in [-0.1, -0.05) is 123 Å². The molecule has 6 nitrogen and oxygen atoms in total. The molecule has 0 spiro atoms. The second-order valence-corrected chi connectivity index (χ2v) is 10.8. The summed E-state index contributed by atoms with van der Waals surface area (Å²) < 4.78 is 15.2. The van der Waals surface area contributed by atoms with Crippen LogP contribution >= 0.6 is 0 Å². The standard InChI is InChI=1S/C33H55N2O4/c1-4-7-9-11-13-15-17-21-25-38-32(36)27-34-29-23-19-20-24-30(29)35(31(34)6-3)28-33(37)39-26-22-18-16-14-12-10-8-5-2/h19-20,23-24H,4-18,21-22,25-28H2,1-3H3/q+1. The van der Waals surface area contributed by atoms with Crippen LogP contribution in [0.2, 0.25) is 0 Å². The lowest BCUT2D eigenvalue weighted by Crippen LogP contribution is -2.42. The number of fused-ring (bicyclic) bond motifs is 1. The predicted molar refractivity (Wildman–Crippen MR) is 159 cm³/mol.